The Balaban J connectivity index is 1.71. The van der Waals surface area contributed by atoms with Crippen LogP contribution in [0.1, 0.15) is 62.8 Å². The number of unbranched alkanes of at least 4 members (excludes halogenated alkanes) is 3. The Morgan fingerprint density at radius 3 is 2.27 bits per heavy atom. The number of anilines is 1. The van der Waals surface area contributed by atoms with Crippen molar-refractivity contribution in [1.82, 2.24) is 14.9 Å². The minimum Gasteiger partial charge on any atom is -0.353 e. The van der Waals surface area contributed by atoms with Crippen LogP contribution in [0.3, 0.4) is 0 Å². The molecule has 1 aromatic carbocycles. The lowest BCUT2D eigenvalue weighted by atomic mass is 10.1. The van der Waals surface area contributed by atoms with E-state index in [1.165, 1.54) is 24.0 Å². The molecule has 162 valence electrons. The van der Waals surface area contributed by atoms with E-state index in [9.17, 15) is 4.79 Å². The van der Waals surface area contributed by atoms with Crippen molar-refractivity contribution in [2.45, 2.75) is 66.2 Å². The third-order valence-corrected chi connectivity index (χ3v) is 6.03. The van der Waals surface area contributed by atoms with Gasteiger partial charge in [0.2, 0.25) is 5.91 Å². The van der Waals surface area contributed by atoms with Gasteiger partial charge in [-0.3, -0.25) is 4.79 Å². The monoisotopic (exact) mass is 408 g/mol. The van der Waals surface area contributed by atoms with Gasteiger partial charge in [0.25, 0.3) is 0 Å². The van der Waals surface area contributed by atoms with Crippen LogP contribution in [0.15, 0.2) is 24.3 Å². The van der Waals surface area contributed by atoms with Crippen LogP contribution in [0.5, 0.6) is 0 Å². The molecule has 1 amide bonds. The normalized spacial score (nSPS) is 14.3. The third-order valence-electron chi connectivity index (χ3n) is 6.03. The lowest BCUT2D eigenvalue weighted by Gasteiger charge is -2.36. The molecule has 1 aliphatic rings. The Labute approximate surface area is 181 Å². The van der Waals surface area contributed by atoms with Crippen LogP contribution >= 0.6 is 0 Å². The van der Waals surface area contributed by atoms with Crippen molar-refractivity contribution in [3.63, 3.8) is 0 Å². The summed E-state index contributed by atoms with van der Waals surface area (Å²) in [5.74, 6) is 2.13. The van der Waals surface area contributed by atoms with E-state index in [1.807, 2.05) is 4.90 Å². The van der Waals surface area contributed by atoms with Crippen molar-refractivity contribution < 1.29 is 4.79 Å². The van der Waals surface area contributed by atoms with Crippen LogP contribution in [0.25, 0.3) is 11.4 Å². The fraction of sp³-hybridized carbons (Fsp3) is 0.560. The molecule has 2 heterocycles. The van der Waals surface area contributed by atoms with Gasteiger partial charge in [0, 0.05) is 49.4 Å². The average Bonchev–Trinajstić information content (AvgIpc) is 2.76. The number of carbonyl (C=O) groups is 1. The predicted molar refractivity (Wildman–Crippen MR) is 124 cm³/mol. The third kappa shape index (κ3) is 5.38. The molecule has 1 saturated heterocycles. The maximum atomic E-state index is 12.5. The number of hydrogen-bond donors (Lipinski definition) is 0. The van der Waals surface area contributed by atoms with Gasteiger partial charge in [-0.05, 0) is 26.7 Å². The van der Waals surface area contributed by atoms with Gasteiger partial charge in [-0.2, -0.15) is 0 Å². The molecule has 1 fully saturated rings. The van der Waals surface area contributed by atoms with Crippen molar-refractivity contribution >= 4 is 11.7 Å². The lowest BCUT2D eigenvalue weighted by Crippen LogP contribution is -2.49. The summed E-state index contributed by atoms with van der Waals surface area (Å²) in [5, 5.41) is 0. The van der Waals surface area contributed by atoms with E-state index >= 15 is 0 Å². The summed E-state index contributed by atoms with van der Waals surface area (Å²) >= 11 is 0. The Morgan fingerprint density at radius 1 is 0.933 bits per heavy atom. The molecular weight excluding hydrogens is 372 g/mol. The number of benzene rings is 1. The summed E-state index contributed by atoms with van der Waals surface area (Å²) in [5.41, 5.74) is 4.54. The topological polar surface area (TPSA) is 49.3 Å². The molecule has 30 heavy (non-hydrogen) atoms. The van der Waals surface area contributed by atoms with Crippen molar-refractivity contribution in [3.05, 3.63) is 41.1 Å². The van der Waals surface area contributed by atoms with Gasteiger partial charge in [-0.1, -0.05) is 62.9 Å². The minimum atomic E-state index is 0.306. The molecule has 0 aliphatic carbocycles. The molecule has 0 atom stereocenters. The first-order valence-corrected chi connectivity index (χ1v) is 11.5. The number of amides is 1. The summed E-state index contributed by atoms with van der Waals surface area (Å²) in [6, 6.07) is 8.39. The summed E-state index contributed by atoms with van der Waals surface area (Å²) in [6.45, 7) is 11.7. The van der Waals surface area contributed by atoms with Gasteiger partial charge in [0.05, 0.1) is 0 Å². The molecule has 0 radical (unpaired) electrons. The zero-order chi connectivity index (χ0) is 21.5. The van der Waals surface area contributed by atoms with Gasteiger partial charge >= 0.3 is 0 Å². The number of aryl methyl sites for hydroxylation is 2. The highest BCUT2D eigenvalue weighted by Gasteiger charge is 2.24. The van der Waals surface area contributed by atoms with Gasteiger partial charge in [-0.15, -0.1) is 0 Å². The number of hydrogen-bond acceptors (Lipinski definition) is 4. The van der Waals surface area contributed by atoms with Crippen LogP contribution in [0, 0.1) is 13.8 Å². The van der Waals surface area contributed by atoms with E-state index in [2.05, 4.69) is 56.9 Å². The second-order valence-corrected chi connectivity index (χ2v) is 8.33. The highest BCUT2D eigenvalue weighted by Crippen LogP contribution is 2.27. The second-order valence-electron chi connectivity index (χ2n) is 8.33. The number of carbonyl (C=O) groups excluding carboxylic acids is 1. The Bertz CT molecular complexity index is 839. The Morgan fingerprint density at radius 2 is 1.63 bits per heavy atom. The molecule has 0 N–H and O–H groups in total. The lowest BCUT2D eigenvalue weighted by molar-refractivity contribution is -0.131. The largest absolute Gasteiger partial charge is 0.353 e. The van der Waals surface area contributed by atoms with Crippen LogP contribution in [-0.2, 0) is 11.2 Å². The van der Waals surface area contributed by atoms with Crippen LogP contribution in [0.4, 0.5) is 5.82 Å². The summed E-state index contributed by atoms with van der Waals surface area (Å²) in [6.07, 6.45) is 6.19. The van der Waals surface area contributed by atoms with Crippen LogP contribution < -0.4 is 4.90 Å². The first kappa shape index (κ1) is 22.3. The molecule has 2 aromatic rings. The molecule has 1 aromatic heterocycles. The number of rotatable bonds is 8. The molecule has 0 spiro atoms. The van der Waals surface area contributed by atoms with Crippen molar-refractivity contribution in [2.24, 2.45) is 0 Å². The zero-order valence-corrected chi connectivity index (χ0v) is 19.1. The smallest absolute Gasteiger partial charge is 0.222 e. The first-order valence-electron chi connectivity index (χ1n) is 11.5. The molecule has 5 nitrogen and oxygen atoms in total. The fourth-order valence-electron chi connectivity index (χ4n) is 4.12. The van der Waals surface area contributed by atoms with Crippen LogP contribution in [-0.4, -0.2) is 47.0 Å². The highest BCUT2D eigenvalue weighted by molar-refractivity contribution is 5.76. The predicted octanol–water partition coefficient (Wildman–Crippen LogP) is 4.94. The Hall–Kier alpha value is -2.43. The van der Waals surface area contributed by atoms with Gasteiger partial charge in [-0.25, -0.2) is 9.97 Å². The fourth-order valence-corrected chi connectivity index (χ4v) is 4.12. The maximum Gasteiger partial charge on any atom is 0.222 e. The van der Waals surface area contributed by atoms with E-state index in [4.69, 9.17) is 9.97 Å². The van der Waals surface area contributed by atoms with E-state index < -0.39 is 0 Å². The van der Waals surface area contributed by atoms with Crippen LogP contribution in [0.2, 0.25) is 0 Å². The van der Waals surface area contributed by atoms with Gasteiger partial charge in [0.1, 0.15) is 5.82 Å². The van der Waals surface area contributed by atoms with Crippen molar-refractivity contribution in [1.29, 1.82) is 0 Å². The number of aromatic nitrogens is 2. The molecule has 0 bridgehead atoms. The molecule has 1 aliphatic heterocycles. The quantitative estimate of drug-likeness (QED) is 0.581. The molecule has 3 rings (SSSR count). The average molecular weight is 409 g/mol. The number of nitrogens with zero attached hydrogens (tertiary/aromatic N) is 4. The molecule has 0 saturated carbocycles. The molecular formula is C25H36N4O. The number of piperazine rings is 1. The summed E-state index contributed by atoms with van der Waals surface area (Å²) in [4.78, 5) is 26.7. The van der Waals surface area contributed by atoms with E-state index in [0.29, 0.717) is 12.3 Å². The summed E-state index contributed by atoms with van der Waals surface area (Å²) in [7, 11) is 0. The second kappa shape index (κ2) is 10.6. The molecule has 5 heteroatoms. The Kier molecular flexibility index (Phi) is 7.83. The van der Waals surface area contributed by atoms with Crippen molar-refractivity contribution in [2.75, 3.05) is 31.1 Å². The van der Waals surface area contributed by atoms with Gasteiger partial charge < -0.3 is 9.80 Å². The van der Waals surface area contributed by atoms with Crippen molar-refractivity contribution in [3.8, 4) is 11.4 Å². The highest BCUT2D eigenvalue weighted by atomic mass is 16.2. The molecule has 0 unspecified atom stereocenters. The SMILES string of the molecule is CCCCCCC(=O)N1CCN(c2nc(-c3ccc(C)cc3)nc(C)c2CC)CC1. The minimum absolute atomic E-state index is 0.306. The van der Waals surface area contributed by atoms with E-state index in [1.54, 1.807) is 0 Å². The zero-order valence-electron chi connectivity index (χ0n) is 19.1. The first-order chi connectivity index (χ1) is 14.5. The van der Waals surface area contributed by atoms with E-state index in [0.717, 1.165) is 68.3 Å². The maximum absolute atomic E-state index is 12.5. The van der Waals surface area contributed by atoms with Gasteiger partial charge in [0.15, 0.2) is 5.82 Å². The standard InChI is InChI=1S/C25H36N4O/c1-5-7-8-9-10-23(30)28-15-17-29(18-16-28)25-22(6-2)20(4)26-24(27-25)21-13-11-19(3)12-14-21/h11-14H,5-10,15-18H2,1-4H3. The summed E-state index contributed by atoms with van der Waals surface area (Å²) < 4.78 is 0. The van der Waals surface area contributed by atoms with E-state index in [-0.39, 0.29) is 0 Å².